The van der Waals surface area contributed by atoms with Gasteiger partial charge in [0.2, 0.25) is 0 Å². The van der Waals surface area contributed by atoms with Crippen LogP contribution in [0, 0.1) is 0 Å². The highest BCUT2D eigenvalue weighted by Crippen LogP contribution is 2.28. The van der Waals surface area contributed by atoms with E-state index in [9.17, 15) is 9.59 Å². The SMILES string of the molecule is CC(C)(C)OC(=O)NC1(CNC(=O)c2ccccc2)CCCCC1. The molecular weight excluding hydrogens is 304 g/mol. The fourth-order valence-electron chi connectivity index (χ4n) is 3.04. The summed E-state index contributed by atoms with van der Waals surface area (Å²) < 4.78 is 5.39. The molecule has 0 saturated heterocycles. The van der Waals surface area contributed by atoms with Gasteiger partial charge in [0.25, 0.3) is 5.91 Å². The van der Waals surface area contributed by atoms with Gasteiger partial charge in [-0.1, -0.05) is 37.5 Å². The summed E-state index contributed by atoms with van der Waals surface area (Å²) in [6, 6.07) is 9.12. The molecule has 1 fully saturated rings. The molecule has 0 spiro atoms. The second-order valence-corrected chi connectivity index (χ2v) is 7.52. The topological polar surface area (TPSA) is 67.4 Å². The van der Waals surface area contributed by atoms with Crippen LogP contribution in [0.4, 0.5) is 4.79 Å². The van der Waals surface area contributed by atoms with Crippen LogP contribution in [-0.4, -0.2) is 29.7 Å². The zero-order valence-corrected chi connectivity index (χ0v) is 14.9. The molecule has 1 aromatic carbocycles. The van der Waals surface area contributed by atoms with Gasteiger partial charge in [0.1, 0.15) is 5.60 Å². The molecule has 1 saturated carbocycles. The van der Waals surface area contributed by atoms with Crippen molar-refractivity contribution in [3.05, 3.63) is 35.9 Å². The van der Waals surface area contributed by atoms with Gasteiger partial charge in [-0.25, -0.2) is 4.79 Å². The minimum Gasteiger partial charge on any atom is -0.444 e. The van der Waals surface area contributed by atoms with E-state index >= 15 is 0 Å². The second-order valence-electron chi connectivity index (χ2n) is 7.52. The molecule has 2 rings (SSSR count). The fraction of sp³-hybridized carbons (Fsp3) is 0.579. The summed E-state index contributed by atoms with van der Waals surface area (Å²) in [5, 5.41) is 5.99. The Hall–Kier alpha value is -2.04. The number of carbonyl (C=O) groups excluding carboxylic acids is 2. The van der Waals surface area contributed by atoms with E-state index in [0.29, 0.717) is 12.1 Å². The first-order valence-electron chi connectivity index (χ1n) is 8.64. The van der Waals surface area contributed by atoms with Crippen LogP contribution in [-0.2, 0) is 4.74 Å². The van der Waals surface area contributed by atoms with E-state index in [1.807, 2.05) is 39.0 Å². The Morgan fingerprint density at radius 1 is 1.08 bits per heavy atom. The van der Waals surface area contributed by atoms with E-state index < -0.39 is 17.2 Å². The van der Waals surface area contributed by atoms with Gasteiger partial charge in [0, 0.05) is 12.1 Å². The number of amides is 2. The zero-order chi connectivity index (χ0) is 17.6. The first-order valence-corrected chi connectivity index (χ1v) is 8.64. The summed E-state index contributed by atoms with van der Waals surface area (Å²) in [6.07, 6.45) is 4.51. The van der Waals surface area contributed by atoms with Crippen molar-refractivity contribution in [2.45, 2.75) is 64.0 Å². The summed E-state index contributed by atoms with van der Waals surface area (Å²) in [5.74, 6) is -0.119. The third kappa shape index (κ3) is 5.55. The van der Waals surface area contributed by atoms with E-state index in [2.05, 4.69) is 10.6 Å². The monoisotopic (exact) mass is 332 g/mol. The summed E-state index contributed by atoms with van der Waals surface area (Å²) in [6.45, 7) is 5.95. The van der Waals surface area contributed by atoms with E-state index in [1.54, 1.807) is 12.1 Å². The molecule has 0 atom stereocenters. The highest BCUT2D eigenvalue weighted by atomic mass is 16.6. The molecule has 132 valence electrons. The highest BCUT2D eigenvalue weighted by molar-refractivity contribution is 5.94. The molecule has 5 nitrogen and oxygen atoms in total. The van der Waals surface area contributed by atoms with Crippen LogP contribution < -0.4 is 10.6 Å². The van der Waals surface area contributed by atoms with Gasteiger partial charge in [-0.2, -0.15) is 0 Å². The zero-order valence-electron chi connectivity index (χ0n) is 14.9. The summed E-state index contributed by atoms with van der Waals surface area (Å²) in [5.41, 5.74) is -0.334. The maximum absolute atomic E-state index is 12.3. The average molecular weight is 332 g/mol. The summed E-state index contributed by atoms with van der Waals surface area (Å²) in [7, 11) is 0. The minimum absolute atomic E-state index is 0.119. The number of nitrogens with one attached hydrogen (secondary N) is 2. The number of ether oxygens (including phenoxy) is 1. The number of benzene rings is 1. The van der Waals surface area contributed by atoms with Gasteiger partial charge in [0.05, 0.1) is 5.54 Å². The smallest absolute Gasteiger partial charge is 0.408 e. The number of carbonyl (C=O) groups is 2. The molecule has 1 aliphatic carbocycles. The lowest BCUT2D eigenvalue weighted by molar-refractivity contribution is 0.0419. The van der Waals surface area contributed by atoms with E-state index in [1.165, 1.54) is 0 Å². The van der Waals surface area contributed by atoms with Crippen molar-refractivity contribution >= 4 is 12.0 Å². The van der Waals surface area contributed by atoms with Gasteiger partial charge >= 0.3 is 6.09 Å². The minimum atomic E-state index is -0.534. The van der Waals surface area contributed by atoms with Crippen molar-refractivity contribution in [1.82, 2.24) is 10.6 Å². The maximum atomic E-state index is 12.3. The lowest BCUT2D eigenvalue weighted by Crippen LogP contribution is -2.57. The summed E-state index contributed by atoms with van der Waals surface area (Å²) >= 11 is 0. The van der Waals surface area contributed by atoms with Crippen LogP contribution >= 0.6 is 0 Å². The average Bonchev–Trinajstić information content (AvgIpc) is 2.52. The Kier molecular flexibility index (Phi) is 5.86. The molecule has 0 radical (unpaired) electrons. The third-order valence-corrected chi connectivity index (χ3v) is 4.20. The van der Waals surface area contributed by atoms with Crippen molar-refractivity contribution in [3.8, 4) is 0 Å². The standard InChI is InChI=1S/C19H28N2O3/c1-18(2,3)24-17(23)21-19(12-8-5-9-13-19)14-20-16(22)15-10-6-4-7-11-15/h4,6-7,10-11H,5,8-9,12-14H2,1-3H3,(H,20,22)(H,21,23). The molecule has 0 bridgehead atoms. The molecular formula is C19H28N2O3. The van der Waals surface area contributed by atoms with Crippen molar-refractivity contribution in [3.63, 3.8) is 0 Å². The Morgan fingerprint density at radius 3 is 2.29 bits per heavy atom. The maximum Gasteiger partial charge on any atom is 0.408 e. The lowest BCUT2D eigenvalue weighted by atomic mass is 9.81. The predicted molar refractivity (Wildman–Crippen MR) is 94.0 cm³/mol. The van der Waals surface area contributed by atoms with Crippen LogP contribution in [0.25, 0.3) is 0 Å². The number of hydrogen-bond acceptors (Lipinski definition) is 3. The van der Waals surface area contributed by atoms with Gasteiger partial charge in [-0.05, 0) is 45.7 Å². The Bertz CT molecular complexity index is 558. The Balaban J connectivity index is 1.99. The molecule has 0 aromatic heterocycles. The molecule has 0 heterocycles. The van der Waals surface area contributed by atoms with E-state index in [4.69, 9.17) is 4.74 Å². The number of hydrogen-bond donors (Lipinski definition) is 2. The fourth-order valence-corrected chi connectivity index (χ4v) is 3.04. The van der Waals surface area contributed by atoms with Crippen LogP contribution in [0.2, 0.25) is 0 Å². The molecule has 0 unspecified atom stereocenters. The number of rotatable bonds is 4. The Labute approximate surface area is 144 Å². The van der Waals surface area contributed by atoms with Gasteiger partial charge < -0.3 is 15.4 Å². The van der Waals surface area contributed by atoms with Crippen molar-refractivity contribution < 1.29 is 14.3 Å². The molecule has 24 heavy (non-hydrogen) atoms. The van der Waals surface area contributed by atoms with Gasteiger partial charge in [0.15, 0.2) is 0 Å². The lowest BCUT2D eigenvalue weighted by Gasteiger charge is -2.38. The van der Waals surface area contributed by atoms with Crippen LogP contribution in [0.15, 0.2) is 30.3 Å². The second kappa shape index (κ2) is 7.69. The molecule has 5 heteroatoms. The van der Waals surface area contributed by atoms with E-state index in [-0.39, 0.29) is 5.91 Å². The first-order chi connectivity index (χ1) is 11.3. The van der Waals surface area contributed by atoms with Crippen molar-refractivity contribution in [2.75, 3.05) is 6.54 Å². The largest absolute Gasteiger partial charge is 0.444 e. The molecule has 0 aliphatic heterocycles. The molecule has 2 N–H and O–H groups in total. The first kappa shape index (κ1) is 18.3. The highest BCUT2D eigenvalue weighted by Gasteiger charge is 2.35. The Morgan fingerprint density at radius 2 is 1.71 bits per heavy atom. The third-order valence-electron chi connectivity index (χ3n) is 4.20. The van der Waals surface area contributed by atoms with Crippen LogP contribution in [0.3, 0.4) is 0 Å². The van der Waals surface area contributed by atoms with Crippen LogP contribution in [0.1, 0.15) is 63.2 Å². The molecule has 1 aromatic rings. The van der Waals surface area contributed by atoms with Gasteiger partial charge in [-0.15, -0.1) is 0 Å². The summed E-state index contributed by atoms with van der Waals surface area (Å²) in [4.78, 5) is 24.5. The number of alkyl carbamates (subject to hydrolysis) is 1. The van der Waals surface area contributed by atoms with E-state index in [0.717, 1.165) is 32.1 Å². The van der Waals surface area contributed by atoms with Crippen molar-refractivity contribution in [2.24, 2.45) is 0 Å². The normalized spacial score (nSPS) is 17.0. The van der Waals surface area contributed by atoms with Crippen molar-refractivity contribution in [1.29, 1.82) is 0 Å². The van der Waals surface area contributed by atoms with Crippen LogP contribution in [0.5, 0.6) is 0 Å². The molecule has 2 amide bonds. The quantitative estimate of drug-likeness (QED) is 0.884. The molecule has 1 aliphatic rings. The predicted octanol–water partition coefficient (Wildman–Crippen LogP) is 3.64. The van der Waals surface area contributed by atoms with Gasteiger partial charge in [-0.3, -0.25) is 4.79 Å².